The highest BCUT2D eigenvalue weighted by atomic mass is 16.5. The van der Waals surface area contributed by atoms with Crippen LogP contribution in [-0.4, -0.2) is 30.2 Å². The lowest BCUT2D eigenvalue weighted by molar-refractivity contribution is 0.410. The highest BCUT2D eigenvalue weighted by Crippen LogP contribution is 2.21. The summed E-state index contributed by atoms with van der Waals surface area (Å²) in [6, 6.07) is 10.1. The third-order valence-corrected chi connectivity index (χ3v) is 4.87. The first-order valence-corrected chi connectivity index (χ1v) is 9.88. The predicted octanol–water partition coefficient (Wildman–Crippen LogP) is 4.75. The average Bonchev–Trinajstić information content (AvgIpc) is 2.69. The zero-order valence-corrected chi connectivity index (χ0v) is 16.4. The summed E-state index contributed by atoms with van der Waals surface area (Å²) >= 11 is 0. The van der Waals surface area contributed by atoms with Gasteiger partial charge in [-0.05, 0) is 57.1 Å². The number of methoxy groups -OCH3 is 1. The molecule has 2 aromatic rings. The molecule has 2 N–H and O–H groups in total. The molecular formula is C22H30N4O. The van der Waals surface area contributed by atoms with Crippen LogP contribution in [0, 0.1) is 6.92 Å². The van der Waals surface area contributed by atoms with Crippen molar-refractivity contribution in [3.05, 3.63) is 53.4 Å². The van der Waals surface area contributed by atoms with E-state index in [4.69, 9.17) is 4.74 Å². The molecule has 1 aromatic heterocycles. The maximum absolute atomic E-state index is 5.41. The molecule has 1 aliphatic carbocycles. The maximum Gasteiger partial charge on any atom is 0.131 e. The molecule has 5 nitrogen and oxygen atoms in total. The highest BCUT2D eigenvalue weighted by Gasteiger charge is 2.06. The SMILES string of the molecule is COc1ccccc1CCNc1cc(NCCC2=CCCCC2)nc(C)n1. The molecule has 0 saturated heterocycles. The highest BCUT2D eigenvalue weighted by molar-refractivity contribution is 5.48. The van der Waals surface area contributed by atoms with Crippen LogP contribution in [0.5, 0.6) is 5.75 Å². The molecule has 5 heteroatoms. The van der Waals surface area contributed by atoms with Gasteiger partial charge in [-0.3, -0.25) is 0 Å². The summed E-state index contributed by atoms with van der Waals surface area (Å²) in [4.78, 5) is 9.01. The van der Waals surface area contributed by atoms with Gasteiger partial charge in [0.05, 0.1) is 7.11 Å². The molecule has 0 atom stereocenters. The molecule has 0 spiro atoms. The fraction of sp³-hybridized carbons (Fsp3) is 0.455. The van der Waals surface area contributed by atoms with Crippen LogP contribution in [0.1, 0.15) is 43.5 Å². The van der Waals surface area contributed by atoms with Crippen LogP contribution in [0.3, 0.4) is 0 Å². The summed E-state index contributed by atoms with van der Waals surface area (Å²) in [6.45, 7) is 3.65. The van der Waals surface area contributed by atoms with Crippen LogP contribution in [-0.2, 0) is 6.42 Å². The number of anilines is 2. The summed E-state index contributed by atoms with van der Waals surface area (Å²) in [5.74, 6) is 3.45. The van der Waals surface area contributed by atoms with Crippen LogP contribution >= 0.6 is 0 Å². The Bertz CT molecular complexity index is 773. The molecule has 0 fully saturated rings. The Labute approximate surface area is 162 Å². The summed E-state index contributed by atoms with van der Waals surface area (Å²) in [5, 5.41) is 6.86. The molecule has 0 bridgehead atoms. The molecule has 1 aromatic carbocycles. The fourth-order valence-corrected chi connectivity index (χ4v) is 3.47. The number of hydrogen-bond acceptors (Lipinski definition) is 5. The fourth-order valence-electron chi connectivity index (χ4n) is 3.47. The molecule has 144 valence electrons. The number of benzene rings is 1. The molecule has 1 aliphatic rings. The van der Waals surface area contributed by atoms with Gasteiger partial charge in [-0.2, -0.15) is 0 Å². The number of allylic oxidation sites excluding steroid dienone is 1. The molecule has 0 unspecified atom stereocenters. The van der Waals surface area contributed by atoms with Gasteiger partial charge in [-0.1, -0.05) is 29.8 Å². The smallest absolute Gasteiger partial charge is 0.131 e. The minimum atomic E-state index is 0.775. The molecular weight excluding hydrogens is 336 g/mol. The van der Waals surface area contributed by atoms with Crippen LogP contribution in [0.15, 0.2) is 42.0 Å². The third-order valence-electron chi connectivity index (χ3n) is 4.87. The third kappa shape index (κ3) is 5.98. The molecule has 3 rings (SSSR count). The first kappa shape index (κ1) is 19.2. The number of aromatic nitrogens is 2. The zero-order valence-electron chi connectivity index (χ0n) is 16.4. The van der Waals surface area contributed by atoms with Crippen molar-refractivity contribution in [2.45, 2.75) is 45.4 Å². The normalized spacial score (nSPS) is 13.8. The number of aryl methyl sites for hydroxylation is 1. The van der Waals surface area contributed by atoms with Gasteiger partial charge in [0.1, 0.15) is 23.2 Å². The molecule has 1 heterocycles. The molecule has 0 amide bonds. The van der Waals surface area contributed by atoms with Crippen LogP contribution in [0.2, 0.25) is 0 Å². The van der Waals surface area contributed by atoms with Crippen molar-refractivity contribution in [1.82, 2.24) is 9.97 Å². The second-order valence-corrected chi connectivity index (χ2v) is 6.96. The maximum atomic E-state index is 5.41. The van der Waals surface area contributed by atoms with E-state index in [0.717, 1.165) is 49.1 Å². The van der Waals surface area contributed by atoms with Gasteiger partial charge in [-0.25, -0.2) is 9.97 Å². The zero-order chi connectivity index (χ0) is 18.9. The monoisotopic (exact) mass is 366 g/mol. The van der Waals surface area contributed by atoms with Gasteiger partial charge in [-0.15, -0.1) is 0 Å². The van der Waals surface area contributed by atoms with Gasteiger partial charge >= 0.3 is 0 Å². The minimum Gasteiger partial charge on any atom is -0.496 e. The van der Waals surface area contributed by atoms with Gasteiger partial charge in [0.2, 0.25) is 0 Å². The molecule has 0 aliphatic heterocycles. The Morgan fingerprint density at radius 1 is 1.00 bits per heavy atom. The average molecular weight is 367 g/mol. The number of nitrogens with zero attached hydrogens (tertiary/aromatic N) is 2. The van der Waals surface area contributed by atoms with E-state index >= 15 is 0 Å². The van der Waals surface area contributed by atoms with Gasteiger partial charge in [0.15, 0.2) is 0 Å². The van der Waals surface area contributed by atoms with E-state index < -0.39 is 0 Å². The van der Waals surface area contributed by atoms with Crippen molar-refractivity contribution in [1.29, 1.82) is 0 Å². The molecule has 0 radical (unpaired) electrons. The summed E-state index contributed by atoms with van der Waals surface area (Å²) in [7, 11) is 1.71. The predicted molar refractivity (Wildman–Crippen MR) is 112 cm³/mol. The van der Waals surface area contributed by atoms with Gasteiger partial charge in [0, 0.05) is 19.2 Å². The summed E-state index contributed by atoms with van der Waals surface area (Å²) < 4.78 is 5.41. The Morgan fingerprint density at radius 2 is 1.74 bits per heavy atom. The number of rotatable bonds is 9. The van der Waals surface area contributed by atoms with Crippen molar-refractivity contribution < 1.29 is 4.74 Å². The largest absolute Gasteiger partial charge is 0.496 e. The standard InChI is InChI=1S/C22H30N4O/c1-17-25-21(23-14-12-18-8-4-3-5-9-18)16-22(26-17)24-15-13-19-10-6-7-11-20(19)27-2/h6-8,10-11,16H,3-5,9,12-15H2,1-2H3,(H2,23,24,25,26). The lowest BCUT2D eigenvalue weighted by Gasteiger charge is -2.14. The topological polar surface area (TPSA) is 59.1 Å². The van der Waals surface area contributed by atoms with E-state index in [0.29, 0.717) is 0 Å². The van der Waals surface area contributed by atoms with Crippen LogP contribution in [0.25, 0.3) is 0 Å². The Hall–Kier alpha value is -2.56. The van der Waals surface area contributed by atoms with E-state index in [1.54, 1.807) is 12.7 Å². The van der Waals surface area contributed by atoms with E-state index in [1.165, 1.54) is 31.2 Å². The Kier molecular flexibility index (Phi) is 7.08. The Morgan fingerprint density at radius 3 is 2.44 bits per heavy atom. The second kappa shape index (κ2) is 9.95. The van der Waals surface area contributed by atoms with Crippen molar-refractivity contribution >= 4 is 11.6 Å². The van der Waals surface area contributed by atoms with Crippen molar-refractivity contribution in [2.24, 2.45) is 0 Å². The first-order valence-electron chi connectivity index (χ1n) is 9.88. The van der Waals surface area contributed by atoms with Crippen molar-refractivity contribution in [2.75, 3.05) is 30.8 Å². The van der Waals surface area contributed by atoms with E-state index in [2.05, 4.69) is 32.7 Å². The Balaban J connectivity index is 1.51. The molecule has 0 saturated carbocycles. The molecule has 27 heavy (non-hydrogen) atoms. The number of ether oxygens (including phenoxy) is 1. The van der Waals surface area contributed by atoms with Crippen molar-refractivity contribution in [3.8, 4) is 5.75 Å². The number of hydrogen-bond donors (Lipinski definition) is 2. The van der Waals surface area contributed by atoms with Gasteiger partial charge in [0.25, 0.3) is 0 Å². The number of nitrogens with one attached hydrogen (secondary N) is 2. The number of para-hydroxylation sites is 1. The first-order chi connectivity index (χ1) is 13.2. The van der Waals surface area contributed by atoms with E-state index in [9.17, 15) is 0 Å². The van der Waals surface area contributed by atoms with E-state index in [1.807, 2.05) is 31.2 Å². The summed E-state index contributed by atoms with van der Waals surface area (Å²) in [5.41, 5.74) is 2.77. The van der Waals surface area contributed by atoms with Crippen LogP contribution in [0.4, 0.5) is 11.6 Å². The quantitative estimate of drug-likeness (QED) is 0.627. The summed E-state index contributed by atoms with van der Waals surface area (Å²) in [6.07, 6.45) is 9.54. The minimum absolute atomic E-state index is 0.775. The second-order valence-electron chi connectivity index (χ2n) is 6.96. The van der Waals surface area contributed by atoms with E-state index in [-0.39, 0.29) is 0 Å². The lowest BCUT2D eigenvalue weighted by atomic mass is 9.97. The van der Waals surface area contributed by atoms with Crippen molar-refractivity contribution in [3.63, 3.8) is 0 Å². The lowest BCUT2D eigenvalue weighted by Crippen LogP contribution is -2.11. The van der Waals surface area contributed by atoms with Crippen LogP contribution < -0.4 is 15.4 Å². The van der Waals surface area contributed by atoms with Gasteiger partial charge < -0.3 is 15.4 Å².